The van der Waals surface area contributed by atoms with E-state index in [1.165, 1.54) is 15.2 Å². The lowest BCUT2D eigenvalue weighted by Gasteiger charge is -2.46. The molecule has 206 valence electrons. The van der Waals surface area contributed by atoms with Gasteiger partial charge in [0.1, 0.15) is 5.65 Å². The van der Waals surface area contributed by atoms with Crippen molar-refractivity contribution in [3.8, 4) is 5.88 Å². The Kier molecular flexibility index (Phi) is 6.79. The fourth-order valence-corrected chi connectivity index (χ4v) is 5.24. The monoisotopic (exact) mass is 532 g/mol. The maximum Gasteiger partial charge on any atom is 0.270 e. The second-order valence-corrected chi connectivity index (χ2v) is 11.1. The molecule has 2 saturated carbocycles. The van der Waals surface area contributed by atoms with Crippen LogP contribution in [0.5, 0.6) is 5.88 Å². The number of alkyl halides is 2. The van der Waals surface area contributed by atoms with Gasteiger partial charge in [-0.15, -0.1) is 0 Å². The van der Waals surface area contributed by atoms with E-state index in [4.69, 9.17) is 0 Å². The van der Waals surface area contributed by atoms with Crippen molar-refractivity contribution in [2.24, 2.45) is 5.92 Å². The van der Waals surface area contributed by atoms with E-state index in [0.717, 1.165) is 12.8 Å². The van der Waals surface area contributed by atoms with Gasteiger partial charge in [0.05, 0.1) is 5.69 Å². The third-order valence-electron chi connectivity index (χ3n) is 7.51. The van der Waals surface area contributed by atoms with Crippen LogP contribution in [0.15, 0.2) is 10.9 Å². The van der Waals surface area contributed by atoms with Gasteiger partial charge in [-0.3, -0.25) is 23.9 Å². The van der Waals surface area contributed by atoms with Crippen LogP contribution in [0.4, 0.5) is 8.78 Å². The molecule has 2 aliphatic carbocycles. The number of carbonyl (C=O) groups excluding carboxylic acids is 2. The van der Waals surface area contributed by atoms with E-state index in [-0.39, 0.29) is 48.9 Å². The molecule has 0 aromatic carbocycles. The number of nitrogens with zero attached hydrogens (tertiary/aromatic N) is 5. The summed E-state index contributed by atoms with van der Waals surface area (Å²) in [6.45, 7) is 7.84. The van der Waals surface area contributed by atoms with Gasteiger partial charge in [-0.2, -0.15) is 9.61 Å². The van der Waals surface area contributed by atoms with Crippen molar-refractivity contribution in [2.45, 2.75) is 71.0 Å². The number of nitrogens with one attached hydrogen (secondary N) is 1. The van der Waals surface area contributed by atoms with E-state index in [1.54, 1.807) is 17.9 Å². The Balaban J connectivity index is 1.40. The van der Waals surface area contributed by atoms with Gasteiger partial charge in [-0.1, -0.05) is 13.8 Å². The molecule has 12 heteroatoms. The van der Waals surface area contributed by atoms with Crippen LogP contribution >= 0.6 is 0 Å². The summed E-state index contributed by atoms with van der Waals surface area (Å²) in [4.78, 5) is 42.9. The SMILES string of the molecule is Cc1nn2c(O)c(C(=O)NC3CC3)c(=O)n(CC(C)C)c2c1C=CC(=O)N1CCN(C2CC(F)(F)C2)CC1. The smallest absolute Gasteiger partial charge is 0.270 e. The first-order valence-corrected chi connectivity index (χ1v) is 13.2. The highest BCUT2D eigenvalue weighted by molar-refractivity contribution is 5.97. The van der Waals surface area contributed by atoms with Gasteiger partial charge >= 0.3 is 0 Å². The van der Waals surface area contributed by atoms with Crippen molar-refractivity contribution in [1.29, 1.82) is 0 Å². The maximum atomic E-state index is 13.4. The lowest BCUT2D eigenvalue weighted by atomic mass is 9.86. The Hall–Kier alpha value is -3.28. The second-order valence-electron chi connectivity index (χ2n) is 11.1. The number of carbonyl (C=O) groups is 2. The fourth-order valence-electron chi connectivity index (χ4n) is 5.24. The van der Waals surface area contributed by atoms with Crippen LogP contribution in [0.2, 0.25) is 0 Å². The number of aromatic nitrogens is 3. The van der Waals surface area contributed by atoms with Gasteiger partial charge in [0.15, 0.2) is 5.56 Å². The highest BCUT2D eigenvalue weighted by Gasteiger charge is 2.48. The van der Waals surface area contributed by atoms with Gasteiger partial charge in [-0.25, -0.2) is 8.78 Å². The molecular weight excluding hydrogens is 498 g/mol. The van der Waals surface area contributed by atoms with Gasteiger partial charge in [0.2, 0.25) is 11.8 Å². The average Bonchev–Trinajstić information content (AvgIpc) is 3.59. The molecule has 1 aliphatic heterocycles. The van der Waals surface area contributed by atoms with Crippen LogP contribution < -0.4 is 10.9 Å². The van der Waals surface area contributed by atoms with Crippen molar-refractivity contribution >= 4 is 23.5 Å². The summed E-state index contributed by atoms with van der Waals surface area (Å²) in [6, 6.07) is -0.114. The molecule has 1 saturated heterocycles. The topological polar surface area (TPSA) is 112 Å². The number of hydrogen-bond donors (Lipinski definition) is 2. The Morgan fingerprint density at radius 3 is 2.42 bits per heavy atom. The highest BCUT2D eigenvalue weighted by Crippen LogP contribution is 2.40. The maximum absolute atomic E-state index is 13.4. The van der Waals surface area contributed by atoms with E-state index < -0.39 is 23.3 Å². The van der Waals surface area contributed by atoms with Crippen LogP contribution in [0, 0.1) is 12.8 Å². The number of fused-ring (bicyclic) bond motifs is 1. The van der Waals surface area contributed by atoms with E-state index in [9.17, 15) is 28.3 Å². The minimum atomic E-state index is -2.57. The molecule has 2 amide bonds. The van der Waals surface area contributed by atoms with Gasteiger partial charge < -0.3 is 15.3 Å². The number of piperazine rings is 1. The summed E-state index contributed by atoms with van der Waals surface area (Å²) in [5.74, 6) is -3.90. The summed E-state index contributed by atoms with van der Waals surface area (Å²) >= 11 is 0. The van der Waals surface area contributed by atoms with Gasteiger partial charge in [-0.05, 0) is 31.8 Å². The van der Waals surface area contributed by atoms with Crippen LogP contribution in [0.3, 0.4) is 0 Å². The molecule has 0 radical (unpaired) electrons. The highest BCUT2D eigenvalue weighted by atomic mass is 19.3. The molecule has 0 spiro atoms. The summed E-state index contributed by atoms with van der Waals surface area (Å²) < 4.78 is 29.1. The Morgan fingerprint density at radius 2 is 1.84 bits per heavy atom. The molecule has 3 fully saturated rings. The lowest BCUT2D eigenvalue weighted by Crippen LogP contribution is -2.57. The van der Waals surface area contributed by atoms with Crippen molar-refractivity contribution in [3.05, 3.63) is 33.3 Å². The minimum absolute atomic E-state index is 0.0101. The zero-order chi connectivity index (χ0) is 27.4. The molecule has 5 rings (SSSR count). The average molecular weight is 533 g/mol. The van der Waals surface area contributed by atoms with Crippen molar-refractivity contribution < 1.29 is 23.5 Å². The van der Waals surface area contributed by atoms with E-state index >= 15 is 0 Å². The van der Waals surface area contributed by atoms with Crippen molar-refractivity contribution in [3.63, 3.8) is 0 Å². The van der Waals surface area contributed by atoms with Gasteiger partial charge in [0.25, 0.3) is 17.4 Å². The molecule has 2 N–H and O–H groups in total. The number of amides is 2. The third kappa shape index (κ3) is 5.05. The van der Waals surface area contributed by atoms with Crippen LogP contribution in [0.25, 0.3) is 11.7 Å². The first kappa shape index (κ1) is 26.3. The first-order chi connectivity index (χ1) is 17.9. The Bertz CT molecular complexity index is 1340. The number of aromatic hydroxyl groups is 1. The molecule has 3 aliphatic rings. The molecule has 2 aromatic heterocycles. The predicted molar refractivity (Wildman–Crippen MR) is 136 cm³/mol. The lowest BCUT2D eigenvalue weighted by molar-refractivity contribution is -0.139. The Morgan fingerprint density at radius 1 is 1.18 bits per heavy atom. The summed E-state index contributed by atoms with van der Waals surface area (Å²) in [6.07, 6.45) is 4.42. The van der Waals surface area contributed by atoms with Crippen molar-refractivity contribution in [1.82, 2.24) is 29.3 Å². The largest absolute Gasteiger partial charge is 0.492 e. The molecule has 3 heterocycles. The number of rotatable bonds is 7. The predicted octanol–water partition coefficient (Wildman–Crippen LogP) is 2.01. The molecule has 2 aromatic rings. The van der Waals surface area contributed by atoms with E-state index in [0.29, 0.717) is 43.1 Å². The first-order valence-electron chi connectivity index (χ1n) is 13.2. The van der Waals surface area contributed by atoms with Crippen LogP contribution in [-0.4, -0.2) is 85.1 Å². The quantitative estimate of drug-likeness (QED) is 0.528. The minimum Gasteiger partial charge on any atom is -0.492 e. The summed E-state index contributed by atoms with van der Waals surface area (Å²) in [5.41, 5.74) is 0.329. The van der Waals surface area contributed by atoms with E-state index in [2.05, 4.69) is 10.4 Å². The molecule has 10 nitrogen and oxygen atoms in total. The molecule has 0 unspecified atom stereocenters. The zero-order valence-corrected chi connectivity index (χ0v) is 21.9. The number of aryl methyl sites for hydroxylation is 1. The Labute approximate surface area is 218 Å². The molecule has 38 heavy (non-hydrogen) atoms. The van der Waals surface area contributed by atoms with Gasteiger partial charge in [0, 0.05) is 69.3 Å². The van der Waals surface area contributed by atoms with Crippen LogP contribution in [0.1, 0.15) is 61.1 Å². The molecule has 0 atom stereocenters. The zero-order valence-electron chi connectivity index (χ0n) is 21.9. The fraction of sp³-hybridized carbons (Fsp3) is 0.615. The summed E-state index contributed by atoms with van der Waals surface area (Å²) in [7, 11) is 0. The second kappa shape index (κ2) is 9.79. The number of hydrogen-bond acceptors (Lipinski definition) is 6. The standard InChI is InChI=1S/C26H34F2N6O4/c1-15(2)14-33-23-19(6-7-20(35)32-10-8-31(9-11-32)18-12-26(27,28)13-18)16(3)30-34(23)25(38)21(24(33)37)22(36)29-17-4-5-17/h6-7,15,17-18,38H,4-5,8-14H2,1-3H3,(H,29,36). The molecular formula is C26H34F2N6O4. The van der Waals surface area contributed by atoms with Crippen molar-refractivity contribution in [2.75, 3.05) is 26.2 Å². The normalized spacial score (nSPS) is 20.4. The van der Waals surface area contributed by atoms with E-state index in [1.807, 2.05) is 18.7 Å². The summed E-state index contributed by atoms with van der Waals surface area (Å²) in [5, 5.41) is 18.1. The number of halogens is 2. The molecule has 0 bridgehead atoms. The third-order valence-corrected chi connectivity index (χ3v) is 7.51. The van der Waals surface area contributed by atoms with Crippen LogP contribution in [-0.2, 0) is 11.3 Å².